The van der Waals surface area contributed by atoms with E-state index in [0.29, 0.717) is 11.6 Å². The molecule has 0 bridgehead atoms. The highest BCUT2D eigenvalue weighted by Gasteiger charge is 2.12. The standard InChI is InChI=1S/C16H15ClN2O2S/c17-12-5-3-11(4-6-12)14(9-20)18-8-13-10-22-16(19-13)15-2-1-7-21-15/h1-7,10,14,18,20H,8-9H2. The third-order valence-electron chi connectivity index (χ3n) is 3.27. The second-order valence-corrected chi connectivity index (χ2v) is 6.08. The number of aliphatic hydroxyl groups excluding tert-OH is 1. The average molecular weight is 335 g/mol. The van der Waals surface area contributed by atoms with Gasteiger partial charge >= 0.3 is 0 Å². The van der Waals surface area contributed by atoms with Crippen LogP contribution in [-0.2, 0) is 6.54 Å². The maximum Gasteiger partial charge on any atom is 0.162 e. The van der Waals surface area contributed by atoms with Crippen molar-refractivity contribution in [1.82, 2.24) is 10.3 Å². The van der Waals surface area contributed by atoms with Gasteiger partial charge in [0.1, 0.15) is 0 Å². The summed E-state index contributed by atoms with van der Waals surface area (Å²) in [6.07, 6.45) is 1.64. The molecule has 0 fully saturated rings. The minimum absolute atomic E-state index is 0.0107. The molecule has 6 heteroatoms. The Kier molecular flexibility index (Phi) is 4.90. The number of furan rings is 1. The Morgan fingerprint density at radius 3 is 2.77 bits per heavy atom. The molecule has 0 radical (unpaired) electrons. The van der Waals surface area contributed by atoms with Gasteiger partial charge < -0.3 is 14.8 Å². The molecule has 22 heavy (non-hydrogen) atoms. The van der Waals surface area contributed by atoms with Crippen molar-refractivity contribution in [1.29, 1.82) is 0 Å². The Balaban J connectivity index is 1.64. The third-order valence-corrected chi connectivity index (χ3v) is 4.43. The normalized spacial score (nSPS) is 12.5. The fraction of sp³-hybridized carbons (Fsp3) is 0.188. The molecule has 0 aliphatic rings. The van der Waals surface area contributed by atoms with Crippen LogP contribution in [0.1, 0.15) is 17.3 Å². The van der Waals surface area contributed by atoms with Gasteiger partial charge in [0.2, 0.25) is 0 Å². The summed E-state index contributed by atoms with van der Waals surface area (Å²) in [5.41, 5.74) is 1.91. The van der Waals surface area contributed by atoms with E-state index in [1.165, 1.54) is 11.3 Å². The zero-order chi connectivity index (χ0) is 15.4. The van der Waals surface area contributed by atoms with E-state index >= 15 is 0 Å². The quantitative estimate of drug-likeness (QED) is 0.718. The molecule has 1 unspecified atom stereocenters. The second-order valence-electron chi connectivity index (χ2n) is 4.79. The molecule has 3 aromatic rings. The summed E-state index contributed by atoms with van der Waals surface area (Å²) in [6.45, 7) is 0.585. The van der Waals surface area contributed by atoms with Crippen LogP contribution in [0.5, 0.6) is 0 Å². The Bertz CT molecular complexity index is 710. The molecule has 0 saturated heterocycles. The molecule has 1 atom stereocenters. The summed E-state index contributed by atoms with van der Waals surface area (Å²) in [5.74, 6) is 0.771. The van der Waals surface area contributed by atoms with Gasteiger partial charge in [-0.1, -0.05) is 23.7 Å². The van der Waals surface area contributed by atoms with Crippen LogP contribution in [-0.4, -0.2) is 16.7 Å². The van der Waals surface area contributed by atoms with Gasteiger partial charge in [0.25, 0.3) is 0 Å². The fourth-order valence-corrected chi connectivity index (χ4v) is 3.02. The van der Waals surface area contributed by atoms with E-state index in [0.717, 1.165) is 22.0 Å². The number of hydrogen-bond donors (Lipinski definition) is 2. The number of thiazole rings is 1. The first-order valence-corrected chi connectivity index (χ1v) is 8.10. The maximum atomic E-state index is 9.55. The van der Waals surface area contributed by atoms with Crippen molar-refractivity contribution in [3.63, 3.8) is 0 Å². The molecule has 2 aromatic heterocycles. The molecule has 1 aromatic carbocycles. The lowest BCUT2D eigenvalue weighted by Crippen LogP contribution is -2.24. The number of aromatic nitrogens is 1. The van der Waals surface area contributed by atoms with Crippen molar-refractivity contribution >= 4 is 22.9 Å². The van der Waals surface area contributed by atoms with Crippen LogP contribution in [0.3, 0.4) is 0 Å². The number of benzene rings is 1. The molecular weight excluding hydrogens is 320 g/mol. The third kappa shape index (κ3) is 3.56. The van der Waals surface area contributed by atoms with Crippen molar-refractivity contribution in [3.8, 4) is 10.8 Å². The predicted molar refractivity (Wildman–Crippen MR) is 87.9 cm³/mol. The van der Waals surface area contributed by atoms with Crippen LogP contribution in [0.4, 0.5) is 0 Å². The number of nitrogens with zero attached hydrogens (tertiary/aromatic N) is 1. The van der Waals surface area contributed by atoms with Gasteiger partial charge in [-0.2, -0.15) is 0 Å². The van der Waals surface area contributed by atoms with Crippen LogP contribution in [0.25, 0.3) is 10.8 Å². The van der Waals surface area contributed by atoms with E-state index in [-0.39, 0.29) is 12.6 Å². The summed E-state index contributed by atoms with van der Waals surface area (Å²) < 4.78 is 5.34. The minimum Gasteiger partial charge on any atom is -0.462 e. The van der Waals surface area contributed by atoms with Crippen LogP contribution in [0.15, 0.2) is 52.5 Å². The lowest BCUT2D eigenvalue weighted by molar-refractivity contribution is 0.243. The monoisotopic (exact) mass is 334 g/mol. The van der Waals surface area contributed by atoms with Crippen molar-refractivity contribution in [2.75, 3.05) is 6.61 Å². The van der Waals surface area contributed by atoms with Crippen LogP contribution < -0.4 is 5.32 Å². The highest BCUT2D eigenvalue weighted by Crippen LogP contribution is 2.24. The Morgan fingerprint density at radius 1 is 1.27 bits per heavy atom. The molecule has 0 aliphatic carbocycles. The van der Waals surface area contributed by atoms with Crippen LogP contribution >= 0.6 is 22.9 Å². The molecule has 114 valence electrons. The molecule has 0 aliphatic heterocycles. The van der Waals surface area contributed by atoms with Gasteiger partial charge in [-0.25, -0.2) is 4.98 Å². The summed E-state index contributed by atoms with van der Waals surface area (Å²) in [7, 11) is 0. The maximum absolute atomic E-state index is 9.55. The zero-order valence-electron chi connectivity index (χ0n) is 11.7. The molecule has 2 N–H and O–H groups in total. The Hall–Kier alpha value is -1.66. The lowest BCUT2D eigenvalue weighted by atomic mass is 10.1. The first-order valence-electron chi connectivity index (χ1n) is 6.84. The molecule has 3 rings (SSSR count). The second kappa shape index (κ2) is 7.07. The summed E-state index contributed by atoms with van der Waals surface area (Å²) in [5, 5.41) is 16.4. The molecule has 0 spiro atoms. The van der Waals surface area contributed by atoms with E-state index in [1.54, 1.807) is 6.26 Å². The topological polar surface area (TPSA) is 58.3 Å². The fourth-order valence-electron chi connectivity index (χ4n) is 2.11. The number of aliphatic hydroxyl groups is 1. The van der Waals surface area contributed by atoms with Crippen LogP contribution in [0.2, 0.25) is 5.02 Å². The summed E-state index contributed by atoms with van der Waals surface area (Å²) in [6, 6.07) is 11.0. The van der Waals surface area contributed by atoms with Gasteiger partial charge in [0.05, 0.1) is 24.6 Å². The Labute approximate surface area is 137 Å². The SMILES string of the molecule is OCC(NCc1csc(-c2ccco2)n1)c1ccc(Cl)cc1. The highest BCUT2D eigenvalue weighted by atomic mass is 35.5. The average Bonchev–Trinajstić information content (AvgIpc) is 3.20. The van der Waals surface area contributed by atoms with Crippen molar-refractivity contribution in [2.24, 2.45) is 0 Å². The number of rotatable bonds is 6. The summed E-state index contributed by atoms with van der Waals surface area (Å²) >= 11 is 7.42. The highest BCUT2D eigenvalue weighted by molar-refractivity contribution is 7.13. The van der Waals surface area contributed by atoms with Crippen molar-refractivity contribution in [3.05, 3.63) is 64.3 Å². The van der Waals surface area contributed by atoms with Gasteiger partial charge in [-0.15, -0.1) is 11.3 Å². The number of hydrogen-bond acceptors (Lipinski definition) is 5. The lowest BCUT2D eigenvalue weighted by Gasteiger charge is -2.16. The minimum atomic E-state index is -0.147. The van der Waals surface area contributed by atoms with Gasteiger partial charge in [0, 0.05) is 16.9 Å². The van der Waals surface area contributed by atoms with Gasteiger partial charge in [0.15, 0.2) is 10.8 Å². The smallest absolute Gasteiger partial charge is 0.162 e. The number of halogens is 1. The predicted octanol–water partition coefficient (Wildman–Crippen LogP) is 3.88. The van der Waals surface area contributed by atoms with E-state index in [1.807, 2.05) is 41.8 Å². The first-order chi connectivity index (χ1) is 10.8. The van der Waals surface area contributed by atoms with E-state index in [4.69, 9.17) is 16.0 Å². The number of nitrogens with one attached hydrogen (secondary N) is 1. The first kappa shape index (κ1) is 15.2. The van der Waals surface area contributed by atoms with Crippen LogP contribution in [0, 0.1) is 0 Å². The zero-order valence-corrected chi connectivity index (χ0v) is 13.3. The van der Waals surface area contributed by atoms with Crippen molar-refractivity contribution < 1.29 is 9.52 Å². The van der Waals surface area contributed by atoms with E-state index in [9.17, 15) is 5.11 Å². The molecule has 2 heterocycles. The molecule has 4 nitrogen and oxygen atoms in total. The van der Waals surface area contributed by atoms with Crippen molar-refractivity contribution in [2.45, 2.75) is 12.6 Å². The largest absolute Gasteiger partial charge is 0.462 e. The summed E-state index contributed by atoms with van der Waals surface area (Å²) in [4.78, 5) is 4.53. The van der Waals surface area contributed by atoms with E-state index in [2.05, 4.69) is 10.3 Å². The van der Waals surface area contributed by atoms with Gasteiger partial charge in [-0.05, 0) is 29.8 Å². The molecule has 0 amide bonds. The Morgan fingerprint density at radius 2 is 2.09 bits per heavy atom. The molecular formula is C16H15ClN2O2S. The van der Waals surface area contributed by atoms with E-state index < -0.39 is 0 Å². The molecule has 0 saturated carbocycles. The van der Waals surface area contributed by atoms with Gasteiger partial charge in [-0.3, -0.25) is 0 Å².